The lowest BCUT2D eigenvalue weighted by Gasteiger charge is -2.35. The number of hydrogen-bond donors (Lipinski definition) is 2. The molecule has 0 amide bonds. The molecule has 0 radical (unpaired) electrons. The van der Waals surface area contributed by atoms with Crippen molar-refractivity contribution in [2.45, 2.75) is 109 Å². The third-order valence-electron chi connectivity index (χ3n) is 5.39. The molecule has 0 rings (SSSR count). The highest BCUT2D eigenvalue weighted by molar-refractivity contribution is 7.88. The second-order valence-corrected chi connectivity index (χ2v) is 9.15. The van der Waals surface area contributed by atoms with Crippen molar-refractivity contribution in [3.63, 3.8) is 0 Å². The first kappa shape index (κ1) is 26.9. The maximum Gasteiger partial charge on any atom is 0.331 e. The molecule has 3 unspecified atom stereocenters. The smallest absolute Gasteiger partial charge is 0.331 e. The van der Waals surface area contributed by atoms with E-state index in [2.05, 4.69) is 0 Å². The lowest BCUT2D eigenvalue weighted by atomic mass is 9.82. The van der Waals surface area contributed by atoms with Crippen LogP contribution in [0, 0.1) is 5.92 Å². The monoisotopic (exact) mass is 422 g/mol. The Hall–Kier alpha value is -1.15. The van der Waals surface area contributed by atoms with E-state index in [9.17, 15) is 27.7 Å². The molecule has 0 aliphatic carbocycles. The van der Waals surface area contributed by atoms with Crippen LogP contribution in [0.3, 0.4) is 0 Å². The van der Waals surface area contributed by atoms with Crippen molar-refractivity contribution in [1.29, 1.82) is 0 Å². The molecule has 2 N–H and O–H groups in total. The van der Waals surface area contributed by atoms with Crippen LogP contribution in [-0.2, 0) is 24.4 Å². The standard InChI is InChI=1S/C20H38O7S/c1-5-9-11-13-16(7-3)20(15-18(21)22,28(24,25)26)19(23)27-17(8-4)14-12-10-6-2/h16-17H,5-15H2,1-4H3,(H,21,22)(H,24,25,26). The highest BCUT2D eigenvalue weighted by Crippen LogP contribution is 2.38. The van der Waals surface area contributed by atoms with Crippen LogP contribution < -0.4 is 0 Å². The van der Waals surface area contributed by atoms with Gasteiger partial charge in [0.2, 0.25) is 4.75 Å². The van der Waals surface area contributed by atoms with Gasteiger partial charge in [0.1, 0.15) is 6.10 Å². The molecule has 0 heterocycles. The maximum atomic E-state index is 13.1. The zero-order valence-corrected chi connectivity index (χ0v) is 18.6. The second kappa shape index (κ2) is 13.1. The predicted octanol–water partition coefficient (Wildman–Crippen LogP) is 4.60. The summed E-state index contributed by atoms with van der Waals surface area (Å²) in [5.74, 6) is -3.42. The molecule has 3 atom stereocenters. The van der Waals surface area contributed by atoms with E-state index in [1.165, 1.54) is 0 Å². The Morgan fingerprint density at radius 3 is 1.86 bits per heavy atom. The number of carboxylic acid groups (broad SMARTS) is 1. The van der Waals surface area contributed by atoms with E-state index >= 15 is 0 Å². The molecule has 28 heavy (non-hydrogen) atoms. The van der Waals surface area contributed by atoms with Gasteiger partial charge >= 0.3 is 11.9 Å². The van der Waals surface area contributed by atoms with Crippen LogP contribution in [-0.4, -0.2) is 40.9 Å². The van der Waals surface area contributed by atoms with Crippen molar-refractivity contribution in [2.24, 2.45) is 5.92 Å². The lowest BCUT2D eigenvalue weighted by Crippen LogP contribution is -2.55. The third-order valence-corrected chi connectivity index (χ3v) is 6.95. The Morgan fingerprint density at radius 1 is 0.929 bits per heavy atom. The van der Waals surface area contributed by atoms with E-state index in [0.29, 0.717) is 25.7 Å². The summed E-state index contributed by atoms with van der Waals surface area (Å²) in [6.45, 7) is 7.56. The van der Waals surface area contributed by atoms with Crippen LogP contribution in [0.15, 0.2) is 0 Å². The number of aliphatic carboxylic acids is 1. The van der Waals surface area contributed by atoms with E-state index in [4.69, 9.17) is 4.74 Å². The number of hydrogen-bond acceptors (Lipinski definition) is 5. The zero-order chi connectivity index (χ0) is 21.8. The average molecular weight is 423 g/mol. The van der Waals surface area contributed by atoms with Crippen LogP contribution in [0.25, 0.3) is 0 Å². The Bertz CT molecular complexity index is 573. The van der Waals surface area contributed by atoms with Crippen LogP contribution in [0.1, 0.15) is 98.3 Å². The molecule has 0 saturated heterocycles. The molecule has 0 fully saturated rings. The SMILES string of the molecule is CCCCCC(CC)OC(=O)C(CC(=O)O)(C(CC)CCCCC)S(=O)(=O)O. The minimum Gasteiger partial charge on any atom is -0.481 e. The number of carbonyl (C=O) groups is 2. The lowest BCUT2D eigenvalue weighted by molar-refractivity contribution is -0.158. The van der Waals surface area contributed by atoms with Crippen molar-refractivity contribution >= 4 is 22.1 Å². The second-order valence-electron chi connectivity index (χ2n) is 7.47. The first-order valence-electron chi connectivity index (χ1n) is 10.5. The molecule has 0 aromatic heterocycles. The molecular formula is C20H38O7S. The van der Waals surface area contributed by atoms with Crippen LogP contribution >= 0.6 is 0 Å². The van der Waals surface area contributed by atoms with Gasteiger partial charge in [-0.2, -0.15) is 8.42 Å². The van der Waals surface area contributed by atoms with Gasteiger partial charge in [-0.05, 0) is 31.6 Å². The fourth-order valence-electron chi connectivity index (χ4n) is 3.64. The summed E-state index contributed by atoms with van der Waals surface area (Å²) in [6.07, 6.45) is 5.31. The molecule has 7 nitrogen and oxygen atoms in total. The predicted molar refractivity (Wildman–Crippen MR) is 109 cm³/mol. The quantitative estimate of drug-likeness (QED) is 0.212. The topological polar surface area (TPSA) is 118 Å². The molecule has 0 aliphatic rings. The van der Waals surface area contributed by atoms with Crippen LogP contribution in [0.5, 0.6) is 0 Å². The highest BCUT2D eigenvalue weighted by atomic mass is 32.2. The summed E-state index contributed by atoms with van der Waals surface area (Å²) < 4.78 is 37.8. The number of rotatable bonds is 16. The minimum atomic E-state index is -5.00. The summed E-state index contributed by atoms with van der Waals surface area (Å²) in [6, 6.07) is 0. The van der Waals surface area contributed by atoms with Crippen LogP contribution in [0.2, 0.25) is 0 Å². The average Bonchev–Trinajstić information content (AvgIpc) is 2.61. The summed E-state index contributed by atoms with van der Waals surface area (Å²) in [5.41, 5.74) is 0. The highest BCUT2D eigenvalue weighted by Gasteiger charge is 2.58. The Morgan fingerprint density at radius 2 is 1.46 bits per heavy atom. The van der Waals surface area contributed by atoms with Crippen molar-refractivity contribution in [2.75, 3.05) is 0 Å². The fraction of sp³-hybridized carbons (Fsp3) is 0.900. The molecule has 0 spiro atoms. The van der Waals surface area contributed by atoms with Crippen LogP contribution in [0.4, 0.5) is 0 Å². The summed E-state index contributed by atoms with van der Waals surface area (Å²) >= 11 is 0. The molecule has 166 valence electrons. The van der Waals surface area contributed by atoms with E-state index in [-0.39, 0.29) is 6.42 Å². The number of esters is 1. The van der Waals surface area contributed by atoms with Crippen molar-refractivity contribution in [3.05, 3.63) is 0 Å². The maximum absolute atomic E-state index is 13.1. The number of carbonyl (C=O) groups excluding carboxylic acids is 1. The zero-order valence-electron chi connectivity index (χ0n) is 17.8. The van der Waals surface area contributed by atoms with Crippen molar-refractivity contribution < 1.29 is 32.4 Å². The summed E-state index contributed by atoms with van der Waals surface area (Å²) in [4.78, 5) is 24.6. The van der Waals surface area contributed by atoms with Gasteiger partial charge in [0.25, 0.3) is 10.1 Å². The third kappa shape index (κ3) is 7.70. The van der Waals surface area contributed by atoms with Gasteiger partial charge in [0.05, 0.1) is 6.42 Å². The first-order valence-corrected chi connectivity index (χ1v) is 11.9. The Labute approximate surface area is 170 Å². The van der Waals surface area contributed by atoms with Gasteiger partial charge in [0, 0.05) is 0 Å². The molecule has 0 bridgehead atoms. The van der Waals surface area contributed by atoms with E-state index in [1.54, 1.807) is 6.92 Å². The van der Waals surface area contributed by atoms with E-state index in [0.717, 1.165) is 32.1 Å². The molecule has 0 aromatic carbocycles. The first-order chi connectivity index (χ1) is 13.1. The van der Waals surface area contributed by atoms with E-state index in [1.807, 2.05) is 20.8 Å². The van der Waals surface area contributed by atoms with Gasteiger partial charge in [-0.25, -0.2) is 0 Å². The Balaban J connectivity index is 5.89. The van der Waals surface area contributed by atoms with Gasteiger partial charge in [-0.1, -0.05) is 66.2 Å². The number of unbranched alkanes of at least 4 members (excludes halogenated alkanes) is 4. The Kier molecular flexibility index (Phi) is 12.6. The summed E-state index contributed by atoms with van der Waals surface area (Å²) in [7, 11) is -5.00. The van der Waals surface area contributed by atoms with Gasteiger partial charge in [0.15, 0.2) is 0 Å². The minimum absolute atomic E-state index is 0.249. The largest absolute Gasteiger partial charge is 0.481 e. The number of ether oxygens (including phenoxy) is 1. The fourth-order valence-corrected chi connectivity index (χ4v) is 4.91. The van der Waals surface area contributed by atoms with Gasteiger partial charge in [-0.15, -0.1) is 0 Å². The number of carboxylic acids is 1. The molecule has 0 aliphatic heterocycles. The van der Waals surface area contributed by atoms with E-state index < -0.39 is 45.2 Å². The normalized spacial score (nSPS) is 16.2. The van der Waals surface area contributed by atoms with Gasteiger partial charge < -0.3 is 9.84 Å². The molecule has 8 heteroatoms. The molecule has 0 aromatic rings. The van der Waals surface area contributed by atoms with Crippen molar-refractivity contribution in [3.8, 4) is 0 Å². The molecule has 0 saturated carbocycles. The summed E-state index contributed by atoms with van der Waals surface area (Å²) in [5, 5.41) is 9.36. The van der Waals surface area contributed by atoms with Gasteiger partial charge in [-0.3, -0.25) is 14.1 Å². The molecular weight excluding hydrogens is 384 g/mol. The van der Waals surface area contributed by atoms with Crippen molar-refractivity contribution in [1.82, 2.24) is 0 Å².